The lowest BCUT2D eigenvalue weighted by Crippen LogP contribution is -2.41. The van der Waals surface area contributed by atoms with Gasteiger partial charge < -0.3 is 24.4 Å². The average molecular weight is 649 g/mol. The van der Waals surface area contributed by atoms with E-state index in [-0.39, 0.29) is 29.1 Å². The molecule has 2 aromatic rings. The van der Waals surface area contributed by atoms with Crippen molar-refractivity contribution < 1.29 is 29.0 Å². The maximum Gasteiger partial charge on any atom is 0.410 e. The molecule has 248 valence electrons. The van der Waals surface area contributed by atoms with Gasteiger partial charge in [0.05, 0.1) is 11.8 Å². The number of aliphatic imine (C=N–C) groups is 1. The summed E-state index contributed by atoms with van der Waals surface area (Å²) in [7, 11) is -1.89. The Labute approximate surface area is 273 Å². The molecule has 1 saturated heterocycles. The predicted octanol–water partition coefficient (Wildman–Crippen LogP) is 6.30. The molecule has 46 heavy (non-hydrogen) atoms. The minimum Gasteiger partial charge on any atom is -0.465 e. The summed E-state index contributed by atoms with van der Waals surface area (Å²) in [4.78, 5) is 46.5. The quantitative estimate of drug-likeness (QED) is 0.205. The highest BCUT2D eigenvalue weighted by atomic mass is 28.4. The number of carbonyl (C=O) groups is 3. The van der Waals surface area contributed by atoms with Crippen LogP contribution >= 0.6 is 0 Å². The fourth-order valence-corrected chi connectivity index (χ4v) is 6.47. The summed E-state index contributed by atoms with van der Waals surface area (Å²) in [6.07, 6.45) is 2.23. The summed E-state index contributed by atoms with van der Waals surface area (Å²) in [5.41, 5.74) is 3.97. The van der Waals surface area contributed by atoms with Crippen LogP contribution in [0, 0.1) is 0 Å². The van der Waals surface area contributed by atoms with Gasteiger partial charge in [-0.15, -0.1) is 0 Å². The second kappa shape index (κ2) is 14.7. The number of amidine groups is 1. The summed E-state index contributed by atoms with van der Waals surface area (Å²) in [5, 5.41) is 21.8. The third-order valence-electron chi connectivity index (χ3n) is 9.04. The van der Waals surface area contributed by atoms with E-state index in [9.17, 15) is 24.6 Å². The van der Waals surface area contributed by atoms with Crippen molar-refractivity contribution in [3.05, 3.63) is 59.2 Å². The molecular formula is C35H48N4O6Si. The fourth-order valence-electron chi connectivity index (χ4n) is 5.38. The number of likely N-dealkylation sites (tertiary alicyclic amines) is 1. The van der Waals surface area contributed by atoms with Crippen molar-refractivity contribution in [1.82, 2.24) is 15.1 Å². The molecule has 0 saturated carbocycles. The molecule has 4 rings (SSSR count). The van der Waals surface area contributed by atoms with Crippen LogP contribution in [0.5, 0.6) is 0 Å². The van der Waals surface area contributed by atoms with Crippen molar-refractivity contribution in [3.63, 3.8) is 0 Å². The number of nitrogens with zero attached hydrogens (tertiary/aromatic N) is 3. The predicted molar refractivity (Wildman–Crippen MR) is 184 cm³/mol. The first kappa shape index (κ1) is 35.1. The second-order valence-corrected chi connectivity index (χ2v) is 18.4. The zero-order chi connectivity index (χ0) is 33.6. The Kier molecular flexibility index (Phi) is 11.2. The van der Waals surface area contributed by atoms with Gasteiger partial charge in [0, 0.05) is 55.9 Å². The largest absolute Gasteiger partial charge is 0.465 e. The first-order valence-electron chi connectivity index (χ1n) is 16.1. The highest BCUT2D eigenvalue weighted by molar-refractivity contribution is 6.74. The summed E-state index contributed by atoms with van der Waals surface area (Å²) < 4.78 is 6.33. The summed E-state index contributed by atoms with van der Waals surface area (Å²) in [6, 6.07) is 12.9. The number of aliphatic hydroxyl groups is 1. The van der Waals surface area contributed by atoms with Gasteiger partial charge in [0.1, 0.15) is 5.84 Å². The van der Waals surface area contributed by atoms with E-state index in [1.165, 1.54) is 0 Å². The number of β-amino-alcohol motifs (C(OH)–C–C–N with tert-alkyl or cyclic N) is 1. The van der Waals surface area contributed by atoms with Crippen molar-refractivity contribution in [2.24, 2.45) is 4.99 Å². The molecule has 0 bridgehead atoms. The van der Waals surface area contributed by atoms with E-state index in [2.05, 4.69) is 44.2 Å². The molecule has 3 N–H and O–H groups in total. The molecule has 3 amide bonds. The Morgan fingerprint density at radius 1 is 1.09 bits per heavy atom. The van der Waals surface area contributed by atoms with Crippen LogP contribution in [-0.2, 0) is 9.22 Å². The van der Waals surface area contributed by atoms with Crippen LogP contribution in [0.3, 0.4) is 0 Å². The van der Waals surface area contributed by atoms with E-state index < -0.39 is 20.5 Å². The number of fused-ring (bicyclic) bond motifs is 1. The highest BCUT2D eigenvalue weighted by Gasteiger charge is 2.37. The van der Waals surface area contributed by atoms with E-state index >= 15 is 0 Å². The van der Waals surface area contributed by atoms with Gasteiger partial charge in [0.15, 0.2) is 8.32 Å². The number of rotatable bonds is 10. The van der Waals surface area contributed by atoms with E-state index in [0.29, 0.717) is 68.0 Å². The van der Waals surface area contributed by atoms with E-state index in [0.717, 1.165) is 17.5 Å². The van der Waals surface area contributed by atoms with Crippen LogP contribution in [0.1, 0.15) is 69.3 Å². The number of nitrogens with one attached hydrogen (secondary N) is 1. The van der Waals surface area contributed by atoms with Crippen molar-refractivity contribution in [2.45, 2.75) is 77.6 Å². The Balaban J connectivity index is 1.54. The van der Waals surface area contributed by atoms with Crippen LogP contribution < -0.4 is 5.32 Å². The molecule has 11 heteroatoms. The molecule has 0 radical (unpaired) electrons. The number of aliphatic hydroxyl groups excluding tert-OH is 1. The van der Waals surface area contributed by atoms with Crippen LogP contribution in [0.4, 0.5) is 10.5 Å². The van der Waals surface area contributed by atoms with Crippen molar-refractivity contribution in [1.29, 1.82) is 0 Å². The van der Waals surface area contributed by atoms with Crippen molar-refractivity contribution in [3.8, 4) is 11.1 Å². The first-order chi connectivity index (χ1) is 21.7. The minimum atomic E-state index is -1.89. The lowest BCUT2D eigenvalue weighted by molar-refractivity contribution is -0.127. The standard InChI is InChI=1S/C35H48N4O6Si/c1-7-16-38(17-8-19-45-46(5,6)35(2,3)4)33(42)28-20-27-14-13-26(21-30(27)36-31(22-28)37-34(43)44)24-9-11-25(12-10-24)32(41)39-18-15-29(40)23-39/h9-14,20-21,29,40H,7-8,15-19,22-23H2,1-6H3,(H,36,37)(H,43,44)/t29-/m0/s1. The Morgan fingerprint density at radius 2 is 1.78 bits per heavy atom. The molecule has 1 atom stereocenters. The molecule has 0 spiro atoms. The number of benzene rings is 2. The third kappa shape index (κ3) is 8.71. The maximum atomic E-state index is 13.9. The summed E-state index contributed by atoms with van der Waals surface area (Å²) in [5.74, 6) is -0.0761. The van der Waals surface area contributed by atoms with Crippen LogP contribution in [0.25, 0.3) is 17.2 Å². The topological polar surface area (TPSA) is 132 Å². The Morgan fingerprint density at radius 3 is 2.39 bits per heavy atom. The Bertz CT molecular complexity index is 1500. The monoisotopic (exact) mass is 648 g/mol. The normalized spacial score (nSPS) is 16.7. The molecule has 0 aliphatic carbocycles. The molecule has 2 aliphatic rings. The maximum absolute atomic E-state index is 13.9. The van der Waals surface area contributed by atoms with Gasteiger partial charge in [0.2, 0.25) is 5.91 Å². The molecule has 10 nitrogen and oxygen atoms in total. The lowest BCUT2D eigenvalue weighted by Gasteiger charge is -2.36. The summed E-state index contributed by atoms with van der Waals surface area (Å²) in [6.45, 7) is 15.7. The van der Waals surface area contributed by atoms with Gasteiger partial charge in [-0.05, 0) is 72.8 Å². The van der Waals surface area contributed by atoms with Gasteiger partial charge in [-0.1, -0.05) is 52.0 Å². The third-order valence-corrected chi connectivity index (χ3v) is 13.6. The number of hydrogen-bond donors (Lipinski definition) is 3. The van der Waals surface area contributed by atoms with Gasteiger partial charge in [-0.3, -0.25) is 14.9 Å². The average Bonchev–Trinajstić information content (AvgIpc) is 3.35. The highest BCUT2D eigenvalue weighted by Crippen LogP contribution is 2.37. The molecule has 2 heterocycles. The SMILES string of the molecule is CCCN(CCCO[Si](C)(C)C(C)(C)C)C(=O)C1=Cc2ccc(-c3ccc(C(=O)N4CC[C@H](O)C4)cc3)cc2N=C(NC(=O)O)C1. The van der Waals surface area contributed by atoms with E-state index in [4.69, 9.17) is 4.43 Å². The van der Waals surface area contributed by atoms with Crippen LogP contribution in [0.2, 0.25) is 18.1 Å². The van der Waals surface area contributed by atoms with Crippen LogP contribution in [-0.4, -0.2) is 91.0 Å². The lowest BCUT2D eigenvalue weighted by atomic mass is 9.99. The molecule has 1 fully saturated rings. The second-order valence-electron chi connectivity index (χ2n) is 13.6. The number of hydrogen-bond acceptors (Lipinski definition) is 6. The summed E-state index contributed by atoms with van der Waals surface area (Å²) >= 11 is 0. The smallest absolute Gasteiger partial charge is 0.410 e. The Hall–Kier alpha value is -3.80. The number of carbonyl (C=O) groups excluding carboxylic acids is 2. The zero-order valence-electron chi connectivity index (χ0n) is 27.9. The first-order valence-corrected chi connectivity index (χ1v) is 19.0. The molecular weight excluding hydrogens is 600 g/mol. The molecule has 2 aliphatic heterocycles. The number of carboxylic acid groups (broad SMARTS) is 1. The number of amides is 3. The van der Waals surface area contributed by atoms with Gasteiger partial charge in [-0.2, -0.15) is 0 Å². The van der Waals surface area contributed by atoms with E-state index in [1.54, 1.807) is 17.0 Å². The van der Waals surface area contributed by atoms with Crippen LogP contribution in [0.15, 0.2) is 53.0 Å². The molecule has 0 unspecified atom stereocenters. The zero-order valence-corrected chi connectivity index (χ0v) is 28.9. The van der Waals surface area contributed by atoms with Crippen molar-refractivity contribution in [2.75, 3.05) is 32.8 Å². The molecule has 2 aromatic carbocycles. The van der Waals surface area contributed by atoms with E-state index in [1.807, 2.05) is 48.2 Å². The van der Waals surface area contributed by atoms with Gasteiger partial charge in [0.25, 0.3) is 5.91 Å². The molecule has 0 aromatic heterocycles. The van der Waals surface area contributed by atoms with Crippen molar-refractivity contribution >= 4 is 43.8 Å². The fraction of sp³-hybridized carbons (Fsp3) is 0.486. The van der Waals surface area contributed by atoms with Gasteiger partial charge >= 0.3 is 6.09 Å². The minimum absolute atomic E-state index is 0.0534. The van der Waals surface area contributed by atoms with Gasteiger partial charge in [-0.25, -0.2) is 9.79 Å².